The maximum absolute atomic E-state index is 10.5. The maximum atomic E-state index is 10.5. The van der Waals surface area contributed by atoms with Crippen LogP contribution in [0, 0.1) is 0 Å². The lowest BCUT2D eigenvalue weighted by Gasteiger charge is -2.09. The Balaban J connectivity index is 0.00000242. The van der Waals surface area contributed by atoms with Crippen molar-refractivity contribution in [3.8, 4) is 0 Å². The Morgan fingerprint density at radius 1 is 0.955 bits per heavy atom. The maximum Gasteiger partial charge on any atom is 0.317 e. The van der Waals surface area contributed by atoms with Crippen LogP contribution in [0.15, 0.2) is 66.7 Å². The fraction of sp³-hybridized carbons (Fsp3) is 0.167. The molecule has 2 aromatic carbocycles. The fourth-order valence-corrected chi connectivity index (χ4v) is 2.15. The molecule has 0 saturated carbocycles. The molecule has 3 nitrogen and oxygen atoms in total. The summed E-state index contributed by atoms with van der Waals surface area (Å²) in [7, 11) is 0. The molecule has 0 spiro atoms. The molecular formula is C18H20ClNO2. The van der Waals surface area contributed by atoms with Crippen molar-refractivity contribution in [2.75, 3.05) is 13.1 Å². The third-order valence-corrected chi connectivity index (χ3v) is 3.12. The molecule has 2 aromatic rings. The quantitative estimate of drug-likeness (QED) is 0.767. The van der Waals surface area contributed by atoms with Gasteiger partial charge in [-0.1, -0.05) is 66.7 Å². The average molecular weight is 318 g/mol. The van der Waals surface area contributed by atoms with Crippen molar-refractivity contribution in [2.45, 2.75) is 6.42 Å². The molecule has 22 heavy (non-hydrogen) atoms. The molecule has 4 heteroatoms. The van der Waals surface area contributed by atoms with Crippen molar-refractivity contribution < 1.29 is 9.90 Å². The first-order valence-electron chi connectivity index (χ1n) is 7.01. The Bertz CT molecular complexity index is 555. The lowest BCUT2D eigenvalue weighted by molar-refractivity contribution is -0.135. The molecule has 0 aliphatic rings. The summed E-state index contributed by atoms with van der Waals surface area (Å²) in [5, 5.41) is 11.5. The highest BCUT2D eigenvalue weighted by atomic mass is 35.5. The molecule has 0 heterocycles. The van der Waals surface area contributed by atoms with E-state index in [1.54, 1.807) is 0 Å². The molecule has 2 rings (SSSR count). The van der Waals surface area contributed by atoms with E-state index in [0.29, 0.717) is 6.54 Å². The minimum atomic E-state index is -0.828. The standard InChI is InChI=1S/C18H19NO2.ClH/c20-18(21)14-19-13-7-12-17(15-8-3-1-4-9-15)16-10-5-2-6-11-16;/h1-6,8-12,19H,7,13-14H2,(H,20,21);1H. The van der Waals surface area contributed by atoms with Gasteiger partial charge in [0.15, 0.2) is 0 Å². The number of nitrogens with one attached hydrogen (secondary N) is 1. The number of hydrogen-bond donors (Lipinski definition) is 2. The second kappa shape index (κ2) is 9.77. The fourth-order valence-electron chi connectivity index (χ4n) is 2.15. The molecule has 0 aliphatic heterocycles. The lowest BCUT2D eigenvalue weighted by Crippen LogP contribution is -2.23. The second-order valence-electron chi connectivity index (χ2n) is 4.71. The Morgan fingerprint density at radius 3 is 1.91 bits per heavy atom. The van der Waals surface area contributed by atoms with Gasteiger partial charge in [0, 0.05) is 0 Å². The van der Waals surface area contributed by atoms with Crippen LogP contribution in [0.25, 0.3) is 5.57 Å². The normalized spacial score (nSPS) is 9.64. The highest BCUT2D eigenvalue weighted by Gasteiger charge is 2.03. The van der Waals surface area contributed by atoms with Crippen molar-refractivity contribution in [2.24, 2.45) is 0 Å². The van der Waals surface area contributed by atoms with Gasteiger partial charge in [-0.25, -0.2) is 0 Å². The highest BCUT2D eigenvalue weighted by molar-refractivity contribution is 5.85. The van der Waals surface area contributed by atoms with Crippen LogP contribution < -0.4 is 5.32 Å². The zero-order valence-electron chi connectivity index (χ0n) is 12.2. The molecule has 116 valence electrons. The summed E-state index contributed by atoms with van der Waals surface area (Å²) >= 11 is 0. The van der Waals surface area contributed by atoms with Gasteiger partial charge < -0.3 is 10.4 Å². The zero-order chi connectivity index (χ0) is 14.9. The van der Waals surface area contributed by atoms with Crippen LogP contribution in [0.1, 0.15) is 17.5 Å². The van der Waals surface area contributed by atoms with E-state index in [9.17, 15) is 4.79 Å². The van der Waals surface area contributed by atoms with Crippen LogP contribution in [0.4, 0.5) is 0 Å². The van der Waals surface area contributed by atoms with Crippen LogP contribution in [0.3, 0.4) is 0 Å². The predicted octanol–water partition coefficient (Wildman–Crippen LogP) is 3.60. The molecule has 0 unspecified atom stereocenters. The van der Waals surface area contributed by atoms with E-state index in [-0.39, 0.29) is 19.0 Å². The van der Waals surface area contributed by atoms with Crippen LogP contribution in [-0.2, 0) is 4.79 Å². The number of carbonyl (C=O) groups is 1. The molecule has 0 amide bonds. The summed E-state index contributed by atoms with van der Waals surface area (Å²) in [5.74, 6) is -0.828. The molecule has 0 fully saturated rings. The minimum Gasteiger partial charge on any atom is -0.480 e. The Kier molecular flexibility index (Phi) is 7.97. The Hall–Kier alpha value is -2.10. The largest absolute Gasteiger partial charge is 0.480 e. The van der Waals surface area contributed by atoms with Crippen LogP contribution in [-0.4, -0.2) is 24.2 Å². The first-order valence-corrected chi connectivity index (χ1v) is 7.01. The summed E-state index contributed by atoms with van der Waals surface area (Å²) in [6, 6.07) is 20.4. The molecule has 0 radical (unpaired) electrons. The second-order valence-corrected chi connectivity index (χ2v) is 4.71. The lowest BCUT2D eigenvalue weighted by atomic mass is 9.97. The summed E-state index contributed by atoms with van der Waals surface area (Å²) in [6.45, 7) is 0.648. The third kappa shape index (κ3) is 5.72. The summed E-state index contributed by atoms with van der Waals surface area (Å²) in [4.78, 5) is 10.5. The average Bonchev–Trinajstić information content (AvgIpc) is 2.52. The van der Waals surface area contributed by atoms with E-state index in [4.69, 9.17) is 5.11 Å². The van der Waals surface area contributed by atoms with E-state index >= 15 is 0 Å². The van der Waals surface area contributed by atoms with Gasteiger partial charge in [-0.05, 0) is 29.7 Å². The van der Waals surface area contributed by atoms with E-state index in [2.05, 4.69) is 35.7 Å². The summed E-state index contributed by atoms with van der Waals surface area (Å²) < 4.78 is 0. The minimum absolute atomic E-state index is 0. The number of benzene rings is 2. The molecule has 0 bridgehead atoms. The first-order chi connectivity index (χ1) is 10.3. The monoisotopic (exact) mass is 317 g/mol. The van der Waals surface area contributed by atoms with E-state index in [0.717, 1.165) is 6.42 Å². The molecule has 2 N–H and O–H groups in total. The zero-order valence-corrected chi connectivity index (χ0v) is 13.1. The summed E-state index contributed by atoms with van der Waals surface area (Å²) in [5.41, 5.74) is 3.51. The van der Waals surface area contributed by atoms with Crippen molar-refractivity contribution in [3.05, 3.63) is 77.9 Å². The van der Waals surface area contributed by atoms with Gasteiger partial charge in [0.05, 0.1) is 6.54 Å². The molecule has 0 atom stereocenters. The number of carboxylic acid groups (broad SMARTS) is 1. The molecular weight excluding hydrogens is 298 g/mol. The highest BCUT2D eigenvalue weighted by Crippen LogP contribution is 2.23. The van der Waals surface area contributed by atoms with Gasteiger partial charge in [-0.2, -0.15) is 0 Å². The van der Waals surface area contributed by atoms with Crippen molar-refractivity contribution in [1.82, 2.24) is 5.32 Å². The van der Waals surface area contributed by atoms with Crippen molar-refractivity contribution in [3.63, 3.8) is 0 Å². The Labute approximate surface area is 137 Å². The van der Waals surface area contributed by atoms with Gasteiger partial charge >= 0.3 is 5.97 Å². The van der Waals surface area contributed by atoms with Gasteiger partial charge in [0.2, 0.25) is 0 Å². The van der Waals surface area contributed by atoms with Gasteiger partial charge in [0.25, 0.3) is 0 Å². The number of hydrogen-bond acceptors (Lipinski definition) is 2. The van der Waals surface area contributed by atoms with Crippen LogP contribution in [0.5, 0.6) is 0 Å². The molecule has 0 aliphatic carbocycles. The third-order valence-electron chi connectivity index (χ3n) is 3.12. The summed E-state index contributed by atoms with van der Waals surface area (Å²) in [6.07, 6.45) is 2.94. The topological polar surface area (TPSA) is 49.3 Å². The number of rotatable bonds is 7. The number of aliphatic carboxylic acids is 1. The van der Waals surface area contributed by atoms with Gasteiger partial charge in [-0.15, -0.1) is 12.4 Å². The Morgan fingerprint density at radius 2 is 1.45 bits per heavy atom. The van der Waals surface area contributed by atoms with Gasteiger partial charge in [-0.3, -0.25) is 4.79 Å². The smallest absolute Gasteiger partial charge is 0.317 e. The van der Waals surface area contributed by atoms with Gasteiger partial charge in [0.1, 0.15) is 0 Å². The van der Waals surface area contributed by atoms with E-state index in [1.807, 2.05) is 36.4 Å². The van der Waals surface area contributed by atoms with Crippen LogP contribution in [0.2, 0.25) is 0 Å². The molecule has 0 saturated heterocycles. The van der Waals surface area contributed by atoms with E-state index in [1.165, 1.54) is 16.7 Å². The number of halogens is 1. The molecule has 0 aromatic heterocycles. The number of carboxylic acids is 1. The SMILES string of the molecule is Cl.O=C(O)CNCCC=C(c1ccccc1)c1ccccc1. The van der Waals surface area contributed by atoms with Crippen molar-refractivity contribution in [1.29, 1.82) is 0 Å². The van der Waals surface area contributed by atoms with Crippen LogP contribution >= 0.6 is 12.4 Å². The van der Waals surface area contributed by atoms with E-state index < -0.39 is 5.97 Å². The van der Waals surface area contributed by atoms with Crippen molar-refractivity contribution >= 4 is 23.9 Å². The predicted molar refractivity (Wildman–Crippen MR) is 92.3 cm³/mol. The first kappa shape index (κ1) is 18.0.